The van der Waals surface area contributed by atoms with E-state index in [0.717, 1.165) is 12.1 Å². The molecule has 3 rings (SSSR count). The molecule has 0 unspecified atom stereocenters. The lowest BCUT2D eigenvalue weighted by Crippen LogP contribution is -2.37. The highest BCUT2D eigenvalue weighted by atomic mass is 32.1. The number of aryl methyl sites for hydroxylation is 1. The van der Waals surface area contributed by atoms with Gasteiger partial charge in [-0.1, -0.05) is 18.6 Å². The Labute approximate surface area is 160 Å². The lowest BCUT2D eigenvalue weighted by atomic mass is 9.93. The van der Waals surface area contributed by atoms with Gasteiger partial charge >= 0.3 is 12.4 Å². The summed E-state index contributed by atoms with van der Waals surface area (Å²) < 4.78 is 77.4. The smallest absolute Gasteiger partial charge is 0.348 e. The first kappa shape index (κ1) is 20.6. The van der Waals surface area contributed by atoms with Crippen molar-refractivity contribution < 1.29 is 31.1 Å². The highest BCUT2D eigenvalue weighted by Gasteiger charge is 2.40. The first-order chi connectivity index (χ1) is 13.0. The minimum absolute atomic E-state index is 0.128. The molecule has 2 aromatic rings. The van der Waals surface area contributed by atoms with E-state index in [1.54, 1.807) is 0 Å². The van der Waals surface area contributed by atoms with E-state index in [2.05, 4.69) is 10.3 Å². The third-order valence-corrected chi connectivity index (χ3v) is 5.68. The second-order valence-corrected chi connectivity index (χ2v) is 7.85. The van der Waals surface area contributed by atoms with Gasteiger partial charge in [-0.05, 0) is 37.5 Å². The van der Waals surface area contributed by atoms with E-state index in [9.17, 15) is 31.1 Å². The largest absolute Gasteiger partial charge is 0.435 e. The summed E-state index contributed by atoms with van der Waals surface area (Å²) in [7, 11) is 0. The van der Waals surface area contributed by atoms with E-state index >= 15 is 0 Å². The summed E-state index contributed by atoms with van der Waals surface area (Å²) in [5, 5.41) is 2.75. The normalized spacial score (nSPS) is 20.4. The van der Waals surface area contributed by atoms with Crippen LogP contribution in [0.25, 0.3) is 0 Å². The molecule has 152 valence electrons. The van der Waals surface area contributed by atoms with Crippen molar-refractivity contribution in [3.63, 3.8) is 0 Å². The molecule has 0 spiro atoms. The van der Waals surface area contributed by atoms with Gasteiger partial charge in [0.2, 0.25) is 0 Å². The average molecular weight is 422 g/mol. The number of hydrogen-bond donors (Lipinski definition) is 1. The Hall–Kier alpha value is -2.10. The van der Waals surface area contributed by atoms with Crippen LogP contribution < -0.4 is 5.32 Å². The zero-order valence-electron chi connectivity index (χ0n) is 14.6. The number of carbonyl (C=O) groups is 1. The second-order valence-electron chi connectivity index (χ2n) is 6.65. The van der Waals surface area contributed by atoms with Crippen molar-refractivity contribution in [2.24, 2.45) is 0 Å². The van der Waals surface area contributed by atoms with Crippen LogP contribution in [0.2, 0.25) is 0 Å². The van der Waals surface area contributed by atoms with Crippen LogP contribution in [-0.4, -0.2) is 16.9 Å². The monoisotopic (exact) mass is 422 g/mol. The summed E-state index contributed by atoms with van der Waals surface area (Å²) in [6, 6.07) is 4.21. The van der Waals surface area contributed by atoms with Crippen molar-refractivity contribution in [3.8, 4) is 0 Å². The molecule has 10 heteroatoms. The molecule has 1 amide bonds. The lowest BCUT2D eigenvalue weighted by Gasteiger charge is -2.22. The predicted molar refractivity (Wildman–Crippen MR) is 91.1 cm³/mol. The van der Waals surface area contributed by atoms with Crippen LogP contribution >= 0.6 is 11.3 Å². The Morgan fingerprint density at radius 3 is 2.29 bits per heavy atom. The number of nitrogens with one attached hydrogen (secondary N) is 1. The zero-order valence-corrected chi connectivity index (χ0v) is 15.4. The van der Waals surface area contributed by atoms with Crippen LogP contribution in [0, 0.1) is 6.92 Å². The van der Waals surface area contributed by atoms with Crippen molar-refractivity contribution >= 4 is 17.2 Å². The van der Waals surface area contributed by atoms with Gasteiger partial charge < -0.3 is 5.32 Å². The van der Waals surface area contributed by atoms with Crippen molar-refractivity contribution in [3.05, 3.63) is 51.0 Å². The van der Waals surface area contributed by atoms with E-state index in [-0.39, 0.29) is 10.9 Å². The molecule has 0 bridgehead atoms. The van der Waals surface area contributed by atoms with Gasteiger partial charge in [-0.3, -0.25) is 4.79 Å². The van der Waals surface area contributed by atoms with E-state index in [1.165, 1.54) is 19.1 Å². The molecule has 2 atom stereocenters. The number of rotatable bonds is 3. The third-order valence-electron chi connectivity index (χ3n) is 4.71. The van der Waals surface area contributed by atoms with Gasteiger partial charge in [-0.25, -0.2) is 4.98 Å². The summed E-state index contributed by atoms with van der Waals surface area (Å²) in [6.07, 6.45) is -7.30. The minimum atomic E-state index is -4.74. The number of hydrogen-bond acceptors (Lipinski definition) is 3. The van der Waals surface area contributed by atoms with Crippen molar-refractivity contribution in [2.45, 2.75) is 50.5 Å². The highest BCUT2D eigenvalue weighted by molar-refractivity contribution is 7.13. The summed E-state index contributed by atoms with van der Waals surface area (Å²) in [6.45, 7) is 1.39. The molecule has 0 radical (unpaired) electrons. The van der Waals surface area contributed by atoms with E-state index in [1.807, 2.05) is 0 Å². The van der Waals surface area contributed by atoms with Gasteiger partial charge in [0.1, 0.15) is 4.88 Å². The van der Waals surface area contributed by atoms with Gasteiger partial charge in [0.15, 0.2) is 5.69 Å². The van der Waals surface area contributed by atoms with Crippen LogP contribution in [0.5, 0.6) is 0 Å². The third kappa shape index (κ3) is 4.31. The Balaban J connectivity index is 1.78. The molecular weight excluding hydrogens is 406 g/mol. The number of aromatic nitrogens is 1. The van der Waals surface area contributed by atoms with Gasteiger partial charge in [0.25, 0.3) is 5.91 Å². The average Bonchev–Trinajstić information content (AvgIpc) is 3.20. The first-order valence-electron chi connectivity index (χ1n) is 8.49. The number of nitrogens with zero attached hydrogens (tertiary/aromatic N) is 1. The number of benzene rings is 1. The van der Waals surface area contributed by atoms with Crippen LogP contribution in [-0.2, 0) is 12.4 Å². The van der Waals surface area contributed by atoms with E-state index < -0.39 is 40.4 Å². The molecule has 1 aromatic heterocycles. The fraction of sp³-hybridized carbons (Fsp3) is 0.444. The van der Waals surface area contributed by atoms with Crippen molar-refractivity contribution in [1.29, 1.82) is 0 Å². The number of thiazole rings is 1. The topological polar surface area (TPSA) is 42.0 Å². The molecular formula is C18H16F6N2OS. The summed E-state index contributed by atoms with van der Waals surface area (Å²) in [5.41, 5.74) is -1.37. The van der Waals surface area contributed by atoms with Gasteiger partial charge in [-0.15, -0.1) is 11.3 Å². The summed E-state index contributed by atoms with van der Waals surface area (Å²) in [4.78, 5) is 15.4. The maximum atomic E-state index is 13.1. The number of alkyl halides is 6. The molecule has 1 saturated carbocycles. The fourth-order valence-corrected chi connectivity index (χ4v) is 4.30. The van der Waals surface area contributed by atoms with E-state index in [0.29, 0.717) is 36.2 Å². The first-order valence-corrected chi connectivity index (χ1v) is 9.31. The van der Waals surface area contributed by atoms with Gasteiger partial charge in [0, 0.05) is 12.0 Å². The Morgan fingerprint density at radius 2 is 1.71 bits per heavy atom. The summed E-state index contributed by atoms with van der Waals surface area (Å²) >= 11 is 0.666. The summed E-state index contributed by atoms with van der Waals surface area (Å²) in [5.74, 6) is -1.11. The Kier molecular flexibility index (Phi) is 5.44. The zero-order chi connectivity index (χ0) is 20.7. The Bertz CT molecular complexity index is 856. The fourth-order valence-electron chi connectivity index (χ4n) is 3.46. The van der Waals surface area contributed by atoms with Crippen LogP contribution in [0.4, 0.5) is 26.3 Å². The lowest BCUT2D eigenvalue weighted by molar-refractivity contribution is -0.141. The second kappa shape index (κ2) is 7.38. The maximum absolute atomic E-state index is 13.1. The van der Waals surface area contributed by atoms with Gasteiger partial charge in [0.05, 0.1) is 10.6 Å². The standard InChI is InChI=1S/C18H16F6N2OS/c1-9-25-15(18(22,23)24)14(28-9)16(27)26-13-4-2-3-12(13)10-5-7-11(8-6-10)17(19,20)21/h5-8,12-13H,2-4H2,1H3,(H,26,27)/t12-,13-/m1/s1. The Morgan fingerprint density at radius 1 is 1.07 bits per heavy atom. The van der Waals surface area contributed by atoms with E-state index in [4.69, 9.17) is 0 Å². The molecule has 1 N–H and O–H groups in total. The minimum Gasteiger partial charge on any atom is -0.348 e. The number of carbonyl (C=O) groups excluding carboxylic acids is 1. The molecule has 0 saturated heterocycles. The van der Waals surface area contributed by atoms with Crippen LogP contribution in [0.3, 0.4) is 0 Å². The molecule has 1 aliphatic carbocycles. The quantitative estimate of drug-likeness (QED) is 0.659. The number of amides is 1. The molecule has 1 heterocycles. The molecule has 28 heavy (non-hydrogen) atoms. The molecule has 0 aliphatic heterocycles. The van der Waals surface area contributed by atoms with Crippen LogP contribution in [0.15, 0.2) is 24.3 Å². The molecule has 1 fully saturated rings. The van der Waals surface area contributed by atoms with Gasteiger partial charge in [-0.2, -0.15) is 26.3 Å². The van der Waals surface area contributed by atoms with Crippen LogP contribution in [0.1, 0.15) is 56.7 Å². The number of halogens is 6. The SMILES string of the molecule is Cc1nc(C(F)(F)F)c(C(=O)N[C@@H]2CCC[C@@H]2c2ccc(C(F)(F)F)cc2)s1. The molecule has 3 nitrogen and oxygen atoms in total. The predicted octanol–water partition coefficient (Wildman–Crippen LogP) is 5.56. The molecule has 1 aromatic carbocycles. The molecule has 1 aliphatic rings. The van der Waals surface area contributed by atoms with Crippen molar-refractivity contribution in [1.82, 2.24) is 10.3 Å². The maximum Gasteiger partial charge on any atom is 0.435 e. The highest BCUT2D eigenvalue weighted by Crippen LogP contribution is 2.38. The van der Waals surface area contributed by atoms with Crippen molar-refractivity contribution in [2.75, 3.05) is 0 Å².